The van der Waals surface area contributed by atoms with Crippen LogP contribution in [0.2, 0.25) is 0 Å². The second-order valence-electron chi connectivity index (χ2n) is 39.7. The Morgan fingerprint density at radius 1 is 0.133 bits per heavy atom. The lowest BCUT2D eigenvalue weighted by atomic mass is 9.82. The van der Waals surface area contributed by atoms with E-state index in [1.807, 2.05) is 0 Å². The molecule has 1 aliphatic carbocycles. The molecule has 26 aromatic carbocycles. The second kappa shape index (κ2) is 41.3. The summed E-state index contributed by atoms with van der Waals surface area (Å²) in [5.41, 5.74) is 35.3. The Balaban J connectivity index is 0.000000107. The highest BCUT2D eigenvalue weighted by atomic mass is 15.2. The summed E-state index contributed by atoms with van der Waals surface area (Å²) >= 11 is 0. The van der Waals surface area contributed by atoms with Crippen molar-refractivity contribution in [1.82, 2.24) is 0 Å². The highest BCUT2D eigenvalue weighted by molar-refractivity contribution is 6.13. The number of rotatable bonds is 17. The van der Waals surface area contributed by atoms with Crippen LogP contribution in [0.5, 0.6) is 0 Å². The summed E-state index contributed by atoms with van der Waals surface area (Å²) in [6, 6.07) is 208. The maximum Gasteiger partial charge on any atom is 0.0468 e. The molecule has 0 aliphatic heterocycles. The van der Waals surface area contributed by atoms with Crippen LogP contribution in [-0.2, 0) is 5.41 Å². The third-order valence-electron chi connectivity index (χ3n) is 30.0. The van der Waals surface area contributed by atoms with E-state index >= 15 is 0 Å². The lowest BCUT2D eigenvalue weighted by molar-refractivity contribution is 0.660. The molecule has 0 atom stereocenters. The number of nitrogens with zero attached hydrogens (tertiary/aromatic N) is 4. The zero-order valence-corrected chi connectivity index (χ0v) is 84.6. The third-order valence-corrected chi connectivity index (χ3v) is 30.0. The number of benzene rings is 26. The predicted octanol–water partition coefficient (Wildman–Crippen LogP) is 41.4. The maximum atomic E-state index is 2.41. The minimum atomic E-state index is -0.0651. The Morgan fingerprint density at radius 3 is 0.667 bits per heavy atom. The molecule has 0 aromatic heterocycles. The fourth-order valence-electron chi connectivity index (χ4n) is 21.9. The molecule has 0 bridgehead atoms. The minimum Gasteiger partial charge on any atom is -0.310 e. The first-order valence-electron chi connectivity index (χ1n) is 51.9. The van der Waals surface area contributed by atoms with Crippen LogP contribution < -0.4 is 19.6 Å². The molecular weight excluding hydrogens is 1810 g/mol. The summed E-state index contributed by atoms with van der Waals surface area (Å²) in [5, 5.41) is 20.3. The van der Waals surface area contributed by atoms with Gasteiger partial charge in [0.1, 0.15) is 0 Å². The smallest absolute Gasteiger partial charge is 0.0468 e. The molecule has 27 rings (SSSR count). The number of fused-ring (bicyclic) bond motifs is 15. The van der Waals surface area contributed by atoms with Crippen molar-refractivity contribution in [2.75, 3.05) is 19.6 Å². The van der Waals surface area contributed by atoms with E-state index in [0.29, 0.717) is 0 Å². The van der Waals surface area contributed by atoms with Crippen LogP contribution in [-0.4, -0.2) is 0 Å². The highest BCUT2D eigenvalue weighted by Crippen LogP contribution is 2.53. The lowest BCUT2D eigenvalue weighted by Gasteiger charge is -2.28. The van der Waals surface area contributed by atoms with Crippen LogP contribution in [0.15, 0.2) is 576 Å². The molecule has 26 aromatic rings. The van der Waals surface area contributed by atoms with Crippen molar-refractivity contribution in [3.63, 3.8) is 0 Å². The van der Waals surface area contributed by atoms with Gasteiger partial charge >= 0.3 is 0 Å². The maximum absolute atomic E-state index is 2.41. The summed E-state index contributed by atoms with van der Waals surface area (Å²) in [6.45, 7) is 11.2. The molecule has 0 unspecified atom stereocenters. The van der Waals surface area contributed by atoms with Crippen LogP contribution in [0.1, 0.15) is 41.7 Å². The normalized spacial score (nSPS) is 11.7. The van der Waals surface area contributed by atoms with Crippen molar-refractivity contribution in [3.05, 3.63) is 604 Å². The molecule has 0 saturated carbocycles. The molecule has 0 heterocycles. The van der Waals surface area contributed by atoms with E-state index in [1.54, 1.807) is 0 Å². The van der Waals surface area contributed by atoms with Gasteiger partial charge in [0.2, 0.25) is 0 Å². The summed E-state index contributed by atoms with van der Waals surface area (Å²) in [4.78, 5) is 9.45. The summed E-state index contributed by atoms with van der Waals surface area (Å²) < 4.78 is 0. The Morgan fingerprint density at radius 2 is 0.347 bits per heavy atom. The Labute approximate surface area is 878 Å². The van der Waals surface area contributed by atoms with E-state index in [9.17, 15) is 0 Å². The summed E-state index contributed by atoms with van der Waals surface area (Å²) in [7, 11) is 0. The first-order valence-corrected chi connectivity index (χ1v) is 51.9. The first kappa shape index (κ1) is 93.4. The third kappa shape index (κ3) is 18.9. The molecule has 0 amide bonds. The largest absolute Gasteiger partial charge is 0.310 e. The number of aryl methyl sites for hydroxylation is 3. The highest BCUT2D eigenvalue weighted by Gasteiger charge is 2.36. The fourth-order valence-corrected chi connectivity index (χ4v) is 21.9. The van der Waals surface area contributed by atoms with E-state index in [-0.39, 0.29) is 5.41 Å². The van der Waals surface area contributed by atoms with E-state index < -0.39 is 0 Å². The van der Waals surface area contributed by atoms with Crippen molar-refractivity contribution >= 4 is 154 Å². The van der Waals surface area contributed by atoms with Crippen LogP contribution >= 0.6 is 0 Å². The number of hydrogen-bond acceptors (Lipinski definition) is 4. The van der Waals surface area contributed by atoms with Crippen LogP contribution in [0.3, 0.4) is 0 Å². The van der Waals surface area contributed by atoms with E-state index in [4.69, 9.17) is 0 Å². The molecule has 4 nitrogen and oxygen atoms in total. The van der Waals surface area contributed by atoms with Gasteiger partial charge in [-0.15, -0.1) is 0 Å². The van der Waals surface area contributed by atoms with Gasteiger partial charge in [-0.3, -0.25) is 0 Å². The average Bonchev–Trinajstić information content (AvgIpc) is 1.56. The SMILES string of the molecule is CC1(C)c2ccccc2-c2ccc(N(c3ccc(-c4ccccc4)cc3)c3ccc4ccc5ccccc5c4c3)cc21.Cc1ccc(-c2ccc(N(c3ccc(-c4ccccc4)cc3)c3ccc4ccc5ccccc5c4c3)cc2)cc1C.Cc1ccc(N(c2ccc(-c3ccccc3)cc2)c2ccc3ccc4ccccc4c3c2)cc1.c1ccc(-c2ccc(N(c3ccccc3)c3ccc4ccc5ccccc5c4c3)cc2)cc1. The van der Waals surface area contributed by atoms with E-state index in [1.165, 1.54) is 186 Å². The first-order chi connectivity index (χ1) is 73.8. The van der Waals surface area contributed by atoms with Gasteiger partial charge in [0.05, 0.1) is 0 Å². The molecule has 0 spiro atoms. The van der Waals surface area contributed by atoms with E-state index in [0.717, 1.165) is 62.6 Å². The van der Waals surface area contributed by atoms with Gasteiger partial charge in [-0.1, -0.05) is 450 Å². The molecular formula is C146H110N4. The minimum absolute atomic E-state index is 0.0651. The van der Waals surface area contributed by atoms with Gasteiger partial charge < -0.3 is 19.6 Å². The van der Waals surface area contributed by atoms with Crippen molar-refractivity contribution in [2.45, 2.75) is 40.0 Å². The monoisotopic (exact) mass is 1920 g/mol. The summed E-state index contributed by atoms with van der Waals surface area (Å²) in [6.07, 6.45) is 0. The van der Waals surface area contributed by atoms with Gasteiger partial charge in [0.15, 0.2) is 0 Å². The van der Waals surface area contributed by atoms with Gasteiger partial charge in [-0.05, 0) is 342 Å². The van der Waals surface area contributed by atoms with Crippen molar-refractivity contribution in [3.8, 4) is 66.8 Å². The Kier molecular flexibility index (Phi) is 25.7. The van der Waals surface area contributed by atoms with Crippen LogP contribution in [0, 0.1) is 20.8 Å². The number of hydrogen-bond donors (Lipinski definition) is 0. The molecule has 4 heteroatoms. The standard InChI is InChI=1S/C41H31N.C40H31N.C33H25N.C32H23N/c1-41(2)39-15-9-8-14-36(39)37-25-24-34(27-40(37)41)42(32-21-18-29(19-22-32)28-10-4-3-5-11-28)33-23-20-31-17-16-30-12-6-7-13-35(30)38(31)26-33;1-28-12-13-35(26-29(28)2)32-18-23-37(24-19-32)41(36-21-16-31(17-22-36)30-8-4-3-5-9-30)38-25-20-34-15-14-33-10-6-7-11-39(33)40(34)27-38;1-24-11-18-29(19-12-24)34(30-20-15-26(16-21-30)25-7-3-2-4-8-25)31-22-17-28-14-13-27-9-5-6-10-32(27)33(28)23-31;1-3-9-24(10-4-1)25-17-20-29(21-18-25)33(28-12-5-2-6-13-28)30-22-19-27-16-15-26-11-7-8-14-31(26)32(27)23-30/h3-27H,1-2H3;3-27H,1-2H3;2-23H,1H3;1-23H. The number of para-hydroxylation sites is 1. The molecule has 1 aliphatic rings. The quantitative estimate of drug-likeness (QED) is 0.0843. The number of anilines is 12. The average molecular weight is 1920 g/mol. The van der Waals surface area contributed by atoms with E-state index in [2.05, 4.69) is 631 Å². The zero-order valence-electron chi connectivity index (χ0n) is 84.6. The molecule has 714 valence electrons. The fraction of sp³-hybridized carbons (Fsp3) is 0.0411. The summed E-state index contributed by atoms with van der Waals surface area (Å²) in [5.74, 6) is 0. The van der Waals surface area contributed by atoms with Crippen LogP contribution in [0.25, 0.3) is 153 Å². The van der Waals surface area contributed by atoms with Gasteiger partial charge in [0.25, 0.3) is 0 Å². The lowest BCUT2D eigenvalue weighted by Crippen LogP contribution is -2.16. The molecule has 150 heavy (non-hydrogen) atoms. The molecule has 0 saturated heterocycles. The van der Waals surface area contributed by atoms with Crippen molar-refractivity contribution < 1.29 is 0 Å². The van der Waals surface area contributed by atoms with Crippen molar-refractivity contribution in [1.29, 1.82) is 0 Å². The predicted molar refractivity (Wildman–Crippen MR) is 644 cm³/mol. The van der Waals surface area contributed by atoms with Gasteiger partial charge in [-0.25, -0.2) is 0 Å². The van der Waals surface area contributed by atoms with Gasteiger partial charge in [0, 0.05) is 73.7 Å². The zero-order chi connectivity index (χ0) is 101. The topological polar surface area (TPSA) is 13.0 Å². The molecule has 0 radical (unpaired) electrons. The van der Waals surface area contributed by atoms with Crippen molar-refractivity contribution in [2.24, 2.45) is 0 Å². The van der Waals surface area contributed by atoms with Gasteiger partial charge in [-0.2, -0.15) is 0 Å². The Bertz CT molecular complexity index is 9380. The Hall–Kier alpha value is -19.0. The molecule has 0 N–H and O–H groups in total. The second-order valence-corrected chi connectivity index (χ2v) is 39.7. The molecule has 0 fully saturated rings. The van der Waals surface area contributed by atoms with Crippen LogP contribution in [0.4, 0.5) is 68.2 Å².